The number of hydrogen-bond acceptors (Lipinski definition) is 4. The van der Waals surface area contributed by atoms with Gasteiger partial charge in [-0.2, -0.15) is 0 Å². The fourth-order valence-electron chi connectivity index (χ4n) is 4.80. The molecule has 3 aromatic carbocycles. The molecule has 4 aromatic rings. The van der Waals surface area contributed by atoms with Crippen molar-refractivity contribution in [3.63, 3.8) is 0 Å². The van der Waals surface area contributed by atoms with E-state index in [-0.39, 0.29) is 38.0 Å². The van der Waals surface area contributed by atoms with Crippen molar-refractivity contribution in [3.05, 3.63) is 106 Å². The minimum absolute atomic E-state index is 0.0867. The summed E-state index contributed by atoms with van der Waals surface area (Å²) in [7, 11) is 0. The molecule has 0 spiro atoms. The topological polar surface area (TPSA) is 98.0 Å². The number of benzene rings is 3. The van der Waals surface area contributed by atoms with Crippen LogP contribution in [0.25, 0.3) is 23.1 Å². The van der Waals surface area contributed by atoms with Crippen LogP contribution in [-0.2, 0) is 22.6 Å². The molecule has 0 amide bonds. The smallest absolute Gasteiger partial charge is 0.323 e. The molecule has 0 atom stereocenters. The van der Waals surface area contributed by atoms with Crippen molar-refractivity contribution in [2.24, 2.45) is 0 Å². The van der Waals surface area contributed by atoms with E-state index >= 15 is 4.39 Å². The Balaban J connectivity index is 1.43. The fourth-order valence-corrected chi connectivity index (χ4v) is 4.80. The lowest BCUT2D eigenvalue weighted by molar-refractivity contribution is -0.138. The zero-order valence-electron chi connectivity index (χ0n) is 23.7. The summed E-state index contributed by atoms with van der Waals surface area (Å²) in [5.74, 6) is -5.97. The third kappa shape index (κ3) is 7.85. The van der Waals surface area contributed by atoms with Crippen LogP contribution in [0.3, 0.4) is 0 Å². The molecular formula is C33H29F4NO6. The maximum absolute atomic E-state index is 15.1. The summed E-state index contributed by atoms with van der Waals surface area (Å²) in [6, 6.07) is 11.0. The standard InChI is InChI=1S/C33H29F4NO6/c1-20-25(5-4-6-29(39)40)31-26(35)14-11-22(32(31)38(20)19-30(41)42)10-7-21-8-12-24(13-9-21)43-15-2-3-16-44-33-27(36)17-23(34)18-28(33)37/h2-3,7-14,17-18H,4-6,15-16,19H2,1H3,(H,39,40)(H,41,42)/b3-2+,10-7?. The zero-order chi connectivity index (χ0) is 31.8. The third-order valence-corrected chi connectivity index (χ3v) is 6.82. The highest BCUT2D eigenvalue weighted by molar-refractivity contribution is 5.95. The van der Waals surface area contributed by atoms with Crippen molar-refractivity contribution >= 4 is 35.0 Å². The second-order valence-corrected chi connectivity index (χ2v) is 9.85. The summed E-state index contributed by atoms with van der Waals surface area (Å²) in [5, 5.41) is 18.8. The number of halogens is 4. The molecule has 230 valence electrons. The molecule has 0 unspecified atom stereocenters. The molecule has 4 rings (SSSR count). The predicted octanol–water partition coefficient (Wildman–Crippen LogP) is 7.18. The van der Waals surface area contributed by atoms with Crippen molar-refractivity contribution in [2.45, 2.75) is 32.7 Å². The summed E-state index contributed by atoms with van der Waals surface area (Å²) in [6.07, 6.45) is 7.14. The van der Waals surface area contributed by atoms with Crippen LogP contribution in [-0.4, -0.2) is 39.9 Å². The Morgan fingerprint density at radius 1 is 0.841 bits per heavy atom. The van der Waals surface area contributed by atoms with Crippen LogP contribution in [0.5, 0.6) is 11.5 Å². The molecule has 0 saturated heterocycles. The van der Waals surface area contributed by atoms with E-state index in [1.165, 1.54) is 12.1 Å². The fraction of sp³-hybridized carbons (Fsp3) is 0.212. The molecule has 1 heterocycles. The maximum Gasteiger partial charge on any atom is 0.323 e. The van der Waals surface area contributed by atoms with Crippen molar-refractivity contribution in [1.29, 1.82) is 0 Å². The van der Waals surface area contributed by atoms with Gasteiger partial charge in [0.15, 0.2) is 17.4 Å². The van der Waals surface area contributed by atoms with Gasteiger partial charge in [-0.1, -0.05) is 24.3 Å². The number of hydrogen-bond donors (Lipinski definition) is 2. The van der Waals surface area contributed by atoms with Crippen molar-refractivity contribution in [3.8, 4) is 11.5 Å². The number of aliphatic carboxylic acids is 2. The van der Waals surface area contributed by atoms with E-state index < -0.39 is 41.0 Å². The van der Waals surface area contributed by atoms with E-state index in [4.69, 9.17) is 14.6 Å². The van der Waals surface area contributed by atoms with E-state index in [2.05, 4.69) is 0 Å². The van der Waals surface area contributed by atoms with Crippen molar-refractivity contribution in [1.82, 2.24) is 4.57 Å². The number of rotatable bonds is 14. The van der Waals surface area contributed by atoms with E-state index in [0.717, 1.165) is 5.56 Å². The van der Waals surface area contributed by atoms with Crippen LogP contribution in [0.15, 0.2) is 60.7 Å². The van der Waals surface area contributed by atoms with Gasteiger partial charge in [-0.15, -0.1) is 0 Å². The normalized spacial score (nSPS) is 11.6. The molecule has 44 heavy (non-hydrogen) atoms. The number of ether oxygens (including phenoxy) is 2. The van der Waals surface area contributed by atoms with Gasteiger partial charge in [0.25, 0.3) is 0 Å². The first-order valence-electron chi connectivity index (χ1n) is 13.6. The Kier molecular flexibility index (Phi) is 10.4. The highest BCUT2D eigenvalue weighted by atomic mass is 19.1. The largest absolute Gasteiger partial charge is 0.490 e. The van der Waals surface area contributed by atoms with Gasteiger partial charge in [0.1, 0.15) is 37.1 Å². The van der Waals surface area contributed by atoms with Gasteiger partial charge in [0, 0.05) is 29.6 Å². The Labute approximate surface area is 250 Å². The number of carboxylic acids is 2. The number of aromatic nitrogens is 1. The third-order valence-electron chi connectivity index (χ3n) is 6.82. The van der Waals surface area contributed by atoms with Gasteiger partial charge in [0.2, 0.25) is 0 Å². The lowest BCUT2D eigenvalue weighted by Crippen LogP contribution is -2.10. The minimum Gasteiger partial charge on any atom is -0.490 e. The Bertz CT molecular complexity index is 1700. The van der Waals surface area contributed by atoms with Crippen molar-refractivity contribution < 1.29 is 46.8 Å². The molecule has 2 N–H and O–H groups in total. The van der Waals surface area contributed by atoms with Crippen LogP contribution < -0.4 is 9.47 Å². The van der Waals surface area contributed by atoms with Gasteiger partial charge < -0.3 is 24.3 Å². The van der Waals surface area contributed by atoms with Gasteiger partial charge >= 0.3 is 11.9 Å². The zero-order valence-corrected chi connectivity index (χ0v) is 23.7. The van der Waals surface area contributed by atoms with E-state index in [9.17, 15) is 27.9 Å². The summed E-state index contributed by atoms with van der Waals surface area (Å²) in [5.41, 5.74) is 2.98. The lowest BCUT2D eigenvalue weighted by atomic mass is 10.0. The predicted molar refractivity (Wildman–Crippen MR) is 157 cm³/mol. The Hall–Kier alpha value is -5.06. The molecule has 0 aliphatic heterocycles. The quantitative estimate of drug-likeness (QED) is 0.0891. The lowest BCUT2D eigenvalue weighted by Gasteiger charge is -2.08. The molecule has 0 fully saturated rings. The van der Waals surface area contributed by atoms with E-state index in [1.54, 1.807) is 60.1 Å². The number of nitrogens with zero attached hydrogens (tertiary/aromatic N) is 1. The molecule has 0 saturated carbocycles. The van der Waals surface area contributed by atoms with E-state index in [0.29, 0.717) is 46.6 Å². The second kappa shape index (κ2) is 14.4. The van der Waals surface area contributed by atoms with Gasteiger partial charge in [-0.05, 0) is 72.9 Å². The van der Waals surface area contributed by atoms with Crippen LogP contribution in [0, 0.1) is 30.2 Å². The SMILES string of the molecule is Cc1c(CCCC(=O)O)c2c(F)ccc(C=Cc3ccc(OC/C=C/COc4c(F)cc(F)cc4F)cc3)c2n1CC(=O)O. The molecule has 0 radical (unpaired) electrons. The number of carbonyl (C=O) groups is 2. The molecule has 0 bridgehead atoms. The first-order chi connectivity index (χ1) is 21.0. The average molecular weight is 612 g/mol. The highest BCUT2D eigenvalue weighted by Crippen LogP contribution is 2.33. The van der Waals surface area contributed by atoms with Crippen LogP contribution in [0.2, 0.25) is 0 Å². The monoisotopic (exact) mass is 611 g/mol. The highest BCUT2D eigenvalue weighted by Gasteiger charge is 2.21. The molecule has 11 heteroatoms. The average Bonchev–Trinajstić information content (AvgIpc) is 3.23. The Morgan fingerprint density at radius 2 is 1.50 bits per heavy atom. The molecule has 1 aromatic heterocycles. The number of fused-ring (bicyclic) bond motifs is 1. The summed E-state index contributed by atoms with van der Waals surface area (Å²) < 4.78 is 67.4. The first kappa shape index (κ1) is 31.9. The summed E-state index contributed by atoms with van der Waals surface area (Å²) in [6.45, 7) is 1.33. The first-order valence-corrected chi connectivity index (χ1v) is 13.6. The minimum atomic E-state index is -1.13. The Morgan fingerprint density at radius 3 is 2.14 bits per heavy atom. The van der Waals surface area contributed by atoms with Gasteiger partial charge in [-0.3, -0.25) is 9.59 Å². The molecule has 0 aliphatic carbocycles. The summed E-state index contributed by atoms with van der Waals surface area (Å²) >= 11 is 0. The molecule has 0 aliphatic rings. The van der Waals surface area contributed by atoms with E-state index in [1.807, 2.05) is 0 Å². The van der Waals surface area contributed by atoms with Crippen LogP contribution in [0.1, 0.15) is 35.2 Å². The number of aryl methyl sites for hydroxylation is 1. The second-order valence-electron chi connectivity index (χ2n) is 9.85. The maximum atomic E-state index is 15.1. The molecule has 7 nitrogen and oxygen atoms in total. The van der Waals surface area contributed by atoms with Crippen LogP contribution in [0.4, 0.5) is 17.6 Å². The number of carboxylic acid groups (broad SMARTS) is 2. The van der Waals surface area contributed by atoms with Crippen LogP contribution >= 0.6 is 0 Å². The van der Waals surface area contributed by atoms with Gasteiger partial charge in [-0.25, -0.2) is 17.6 Å². The van der Waals surface area contributed by atoms with Gasteiger partial charge in [0.05, 0.1) is 5.52 Å². The van der Waals surface area contributed by atoms with Crippen molar-refractivity contribution in [2.75, 3.05) is 13.2 Å². The summed E-state index contributed by atoms with van der Waals surface area (Å²) in [4.78, 5) is 22.6. The molecular weight excluding hydrogens is 582 g/mol.